The van der Waals surface area contributed by atoms with Gasteiger partial charge in [0.05, 0.1) is 16.3 Å². The second kappa shape index (κ2) is 9.05. The van der Waals surface area contributed by atoms with E-state index in [1.165, 1.54) is 36.4 Å². The van der Waals surface area contributed by atoms with Gasteiger partial charge < -0.3 is 5.32 Å². The molecule has 8 heteroatoms. The Kier molecular flexibility index (Phi) is 5.85. The van der Waals surface area contributed by atoms with E-state index >= 15 is 0 Å². The van der Waals surface area contributed by atoms with Gasteiger partial charge in [0, 0.05) is 41.2 Å². The van der Waals surface area contributed by atoms with Crippen LogP contribution in [0.5, 0.6) is 0 Å². The molecule has 7 nitrogen and oxygen atoms in total. The van der Waals surface area contributed by atoms with Gasteiger partial charge in [0.2, 0.25) is 5.91 Å². The van der Waals surface area contributed by atoms with Gasteiger partial charge in [0.1, 0.15) is 5.82 Å². The maximum Gasteiger partial charge on any atom is 0.271 e. The lowest BCUT2D eigenvalue weighted by atomic mass is 10.1. The first-order valence-electron chi connectivity index (χ1n) is 9.64. The van der Waals surface area contributed by atoms with E-state index in [1.807, 2.05) is 30.3 Å². The molecule has 0 unspecified atom stereocenters. The number of carbonyl (C=O) groups excluding carboxylic acids is 1. The van der Waals surface area contributed by atoms with Gasteiger partial charge in [-0.3, -0.25) is 14.9 Å². The number of non-ortho nitro benzene ring substituents is 1. The molecule has 0 bridgehead atoms. The minimum Gasteiger partial charge on any atom is -0.322 e. The van der Waals surface area contributed by atoms with Crippen LogP contribution in [0, 0.1) is 15.9 Å². The SMILES string of the molecule is O=C(C=Cc1cn(-c2ccccc2)nc1-c1ccc(F)cc1)Nc1cccc([N+](=O)[O-])c1. The number of para-hydroxylation sites is 1. The van der Waals surface area contributed by atoms with Crippen molar-refractivity contribution < 1.29 is 14.1 Å². The molecule has 1 N–H and O–H groups in total. The molecule has 0 spiro atoms. The molecule has 0 aliphatic carbocycles. The van der Waals surface area contributed by atoms with Crippen molar-refractivity contribution in [2.75, 3.05) is 5.32 Å². The number of hydrogen-bond donors (Lipinski definition) is 1. The van der Waals surface area contributed by atoms with Gasteiger partial charge in [-0.2, -0.15) is 5.10 Å². The first-order valence-corrected chi connectivity index (χ1v) is 9.64. The van der Waals surface area contributed by atoms with Crippen LogP contribution >= 0.6 is 0 Å². The Morgan fingerprint density at radius 1 is 1.03 bits per heavy atom. The second-order valence-corrected chi connectivity index (χ2v) is 6.85. The van der Waals surface area contributed by atoms with Crippen molar-refractivity contribution in [3.05, 3.63) is 113 Å². The molecule has 3 aromatic carbocycles. The molecule has 32 heavy (non-hydrogen) atoms. The zero-order valence-corrected chi connectivity index (χ0v) is 16.7. The first-order chi connectivity index (χ1) is 15.5. The number of benzene rings is 3. The van der Waals surface area contributed by atoms with Crippen LogP contribution in [0.25, 0.3) is 23.0 Å². The average Bonchev–Trinajstić information content (AvgIpc) is 3.23. The minimum absolute atomic E-state index is 0.116. The highest BCUT2D eigenvalue weighted by Gasteiger charge is 2.12. The van der Waals surface area contributed by atoms with Crippen molar-refractivity contribution in [3.8, 4) is 16.9 Å². The largest absolute Gasteiger partial charge is 0.322 e. The maximum absolute atomic E-state index is 13.4. The number of nitrogens with one attached hydrogen (secondary N) is 1. The quantitative estimate of drug-likeness (QED) is 0.258. The average molecular weight is 428 g/mol. The third-order valence-electron chi connectivity index (χ3n) is 4.62. The van der Waals surface area contributed by atoms with Crippen LogP contribution in [0.2, 0.25) is 0 Å². The van der Waals surface area contributed by atoms with Gasteiger partial charge >= 0.3 is 0 Å². The Bertz CT molecular complexity index is 1300. The van der Waals surface area contributed by atoms with Crippen molar-refractivity contribution in [1.82, 2.24) is 9.78 Å². The van der Waals surface area contributed by atoms with E-state index < -0.39 is 10.8 Å². The fraction of sp³-hybridized carbons (Fsp3) is 0. The molecule has 0 aliphatic rings. The molecule has 1 aromatic heterocycles. The number of hydrogen-bond acceptors (Lipinski definition) is 4. The number of halogens is 1. The van der Waals surface area contributed by atoms with Gasteiger partial charge in [-0.15, -0.1) is 0 Å². The number of nitro benzene ring substituents is 1. The van der Waals surface area contributed by atoms with Crippen LogP contribution in [0.1, 0.15) is 5.56 Å². The highest BCUT2D eigenvalue weighted by atomic mass is 19.1. The zero-order chi connectivity index (χ0) is 22.5. The standard InChI is InChI=1S/C24H17FN4O3/c25-19-12-9-17(10-13-19)24-18(16-28(27-24)21-6-2-1-3-7-21)11-14-23(30)26-20-5-4-8-22(15-20)29(31)32/h1-16H,(H,26,30). The summed E-state index contributed by atoms with van der Waals surface area (Å²) >= 11 is 0. The summed E-state index contributed by atoms with van der Waals surface area (Å²) in [5, 5.41) is 18.1. The molecule has 0 atom stereocenters. The first kappa shape index (κ1) is 20.7. The summed E-state index contributed by atoms with van der Waals surface area (Å²) in [7, 11) is 0. The number of anilines is 1. The number of carbonyl (C=O) groups is 1. The predicted octanol–water partition coefficient (Wildman–Crippen LogP) is 5.24. The molecule has 158 valence electrons. The van der Waals surface area contributed by atoms with Gasteiger partial charge in [-0.05, 0) is 48.5 Å². The summed E-state index contributed by atoms with van der Waals surface area (Å²) < 4.78 is 15.1. The Hall–Kier alpha value is -4.59. The summed E-state index contributed by atoms with van der Waals surface area (Å²) in [6, 6.07) is 21.1. The third-order valence-corrected chi connectivity index (χ3v) is 4.62. The molecule has 0 radical (unpaired) electrons. The van der Waals surface area contributed by atoms with Gasteiger partial charge in [0.25, 0.3) is 5.69 Å². The molecule has 1 heterocycles. The number of nitrogens with zero attached hydrogens (tertiary/aromatic N) is 3. The third kappa shape index (κ3) is 4.76. The van der Waals surface area contributed by atoms with E-state index in [9.17, 15) is 19.3 Å². The Balaban J connectivity index is 1.63. The van der Waals surface area contributed by atoms with Gasteiger partial charge in [-0.25, -0.2) is 9.07 Å². The van der Waals surface area contributed by atoms with Gasteiger partial charge in [-0.1, -0.05) is 24.3 Å². The normalized spacial score (nSPS) is 10.9. The van der Waals surface area contributed by atoms with Crippen molar-refractivity contribution in [1.29, 1.82) is 0 Å². The predicted molar refractivity (Wildman–Crippen MR) is 120 cm³/mol. The van der Waals surface area contributed by atoms with Crippen molar-refractivity contribution >= 4 is 23.4 Å². The highest BCUT2D eigenvalue weighted by Crippen LogP contribution is 2.25. The van der Waals surface area contributed by atoms with Crippen LogP contribution in [0.3, 0.4) is 0 Å². The molecule has 4 aromatic rings. The number of rotatable bonds is 6. The molecular weight excluding hydrogens is 411 g/mol. The lowest BCUT2D eigenvalue weighted by Gasteiger charge is -2.02. The van der Waals surface area contributed by atoms with Crippen LogP contribution < -0.4 is 5.32 Å². The topological polar surface area (TPSA) is 90.1 Å². The molecule has 1 amide bonds. The lowest BCUT2D eigenvalue weighted by Crippen LogP contribution is -2.07. The van der Waals surface area contributed by atoms with Crippen LogP contribution in [-0.4, -0.2) is 20.6 Å². The molecule has 4 rings (SSSR count). The maximum atomic E-state index is 13.4. The van der Waals surface area contributed by atoms with Crippen molar-refractivity contribution in [3.63, 3.8) is 0 Å². The van der Waals surface area contributed by atoms with Crippen LogP contribution in [0.15, 0.2) is 91.1 Å². The summed E-state index contributed by atoms with van der Waals surface area (Å²) in [4.78, 5) is 22.8. The summed E-state index contributed by atoms with van der Waals surface area (Å²) in [6.07, 6.45) is 4.68. The second-order valence-electron chi connectivity index (χ2n) is 6.85. The summed E-state index contributed by atoms with van der Waals surface area (Å²) in [6.45, 7) is 0. The van der Waals surface area contributed by atoms with E-state index in [1.54, 1.807) is 35.2 Å². The molecular formula is C24H17FN4O3. The van der Waals surface area contributed by atoms with E-state index in [2.05, 4.69) is 10.4 Å². The van der Waals surface area contributed by atoms with Gasteiger partial charge in [0.15, 0.2) is 0 Å². The van der Waals surface area contributed by atoms with Crippen LogP contribution in [-0.2, 0) is 4.79 Å². The lowest BCUT2D eigenvalue weighted by molar-refractivity contribution is -0.384. The Morgan fingerprint density at radius 3 is 2.50 bits per heavy atom. The minimum atomic E-state index is -0.529. The van der Waals surface area contributed by atoms with Crippen LogP contribution in [0.4, 0.5) is 15.8 Å². The van der Waals surface area contributed by atoms with E-state index in [-0.39, 0.29) is 11.5 Å². The monoisotopic (exact) mass is 428 g/mol. The van der Waals surface area contributed by atoms with E-state index in [0.717, 1.165) is 5.69 Å². The fourth-order valence-electron chi connectivity index (χ4n) is 3.10. The van der Waals surface area contributed by atoms with E-state index in [4.69, 9.17) is 0 Å². The number of aromatic nitrogens is 2. The highest BCUT2D eigenvalue weighted by molar-refractivity contribution is 6.02. The molecule has 0 saturated heterocycles. The summed E-state index contributed by atoms with van der Waals surface area (Å²) in [5.41, 5.74) is 2.95. The fourth-order valence-corrected chi connectivity index (χ4v) is 3.10. The van der Waals surface area contributed by atoms with Crippen molar-refractivity contribution in [2.24, 2.45) is 0 Å². The Morgan fingerprint density at radius 2 is 1.78 bits per heavy atom. The van der Waals surface area contributed by atoms with Crippen molar-refractivity contribution in [2.45, 2.75) is 0 Å². The molecule has 0 fully saturated rings. The summed E-state index contributed by atoms with van der Waals surface area (Å²) in [5.74, 6) is -0.812. The smallest absolute Gasteiger partial charge is 0.271 e. The van der Waals surface area contributed by atoms with E-state index in [0.29, 0.717) is 22.5 Å². The molecule has 0 aliphatic heterocycles. The number of amides is 1. The number of nitro groups is 1. The molecule has 0 saturated carbocycles. The Labute approximate surface area is 182 Å². The zero-order valence-electron chi connectivity index (χ0n) is 16.7.